The molecule has 0 aliphatic heterocycles. The molecule has 2 N–H and O–H groups in total. The predicted molar refractivity (Wildman–Crippen MR) is 61.1 cm³/mol. The summed E-state index contributed by atoms with van der Waals surface area (Å²) in [5, 5.41) is 12.1. The molecular formula is C12H16F3NO2. The van der Waals surface area contributed by atoms with E-state index in [9.17, 15) is 13.2 Å². The Bertz CT molecular complexity index is 347. The molecule has 102 valence electrons. The van der Waals surface area contributed by atoms with Crippen molar-refractivity contribution < 1.29 is 23.0 Å². The van der Waals surface area contributed by atoms with Gasteiger partial charge in [0.2, 0.25) is 0 Å². The van der Waals surface area contributed by atoms with Crippen LogP contribution in [0.5, 0.6) is 5.75 Å². The van der Waals surface area contributed by atoms with Crippen LogP contribution in [0.1, 0.15) is 18.9 Å². The van der Waals surface area contributed by atoms with Crippen LogP contribution < -0.4 is 10.1 Å². The van der Waals surface area contributed by atoms with Crippen molar-refractivity contribution in [1.82, 2.24) is 5.32 Å². The van der Waals surface area contributed by atoms with E-state index < -0.39 is 6.36 Å². The van der Waals surface area contributed by atoms with Crippen LogP contribution in [0, 0.1) is 0 Å². The van der Waals surface area contributed by atoms with E-state index >= 15 is 0 Å². The van der Waals surface area contributed by atoms with E-state index in [1.807, 2.05) is 6.92 Å². The van der Waals surface area contributed by atoms with E-state index in [0.717, 1.165) is 12.0 Å². The lowest BCUT2D eigenvalue weighted by Gasteiger charge is -2.14. The zero-order chi connectivity index (χ0) is 13.6. The second kappa shape index (κ2) is 6.61. The molecule has 0 saturated carbocycles. The van der Waals surface area contributed by atoms with Gasteiger partial charge in [-0.1, -0.05) is 19.1 Å². The van der Waals surface area contributed by atoms with Crippen molar-refractivity contribution in [1.29, 1.82) is 0 Å². The monoisotopic (exact) mass is 263 g/mol. The van der Waals surface area contributed by atoms with E-state index in [1.165, 1.54) is 12.1 Å². The van der Waals surface area contributed by atoms with Gasteiger partial charge in [-0.15, -0.1) is 13.2 Å². The molecule has 0 bridgehead atoms. The van der Waals surface area contributed by atoms with Crippen molar-refractivity contribution in [2.75, 3.05) is 6.61 Å². The number of nitrogens with one attached hydrogen (secondary N) is 1. The summed E-state index contributed by atoms with van der Waals surface area (Å²) in [7, 11) is 0. The average Bonchev–Trinajstić information content (AvgIpc) is 2.30. The molecule has 0 unspecified atom stereocenters. The number of aliphatic hydroxyl groups is 1. The van der Waals surface area contributed by atoms with Crippen molar-refractivity contribution in [2.45, 2.75) is 32.3 Å². The summed E-state index contributed by atoms with van der Waals surface area (Å²) in [4.78, 5) is 0. The third-order valence-corrected chi connectivity index (χ3v) is 2.46. The first-order valence-corrected chi connectivity index (χ1v) is 5.63. The third-order valence-electron chi connectivity index (χ3n) is 2.46. The van der Waals surface area contributed by atoms with Gasteiger partial charge in [0.1, 0.15) is 5.75 Å². The van der Waals surface area contributed by atoms with Crippen LogP contribution in [0.2, 0.25) is 0 Å². The Morgan fingerprint density at radius 1 is 1.28 bits per heavy atom. The van der Waals surface area contributed by atoms with Gasteiger partial charge in [0, 0.05) is 12.6 Å². The SMILES string of the molecule is CC[C@H](CO)NCc1ccc(OC(F)(F)F)cc1. The lowest BCUT2D eigenvalue weighted by molar-refractivity contribution is -0.274. The zero-order valence-electron chi connectivity index (χ0n) is 10.00. The molecule has 0 aliphatic carbocycles. The lowest BCUT2D eigenvalue weighted by Crippen LogP contribution is -2.31. The van der Waals surface area contributed by atoms with Crippen LogP contribution >= 0.6 is 0 Å². The van der Waals surface area contributed by atoms with E-state index in [2.05, 4.69) is 10.1 Å². The molecule has 6 heteroatoms. The van der Waals surface area contributed by atoms with E-state index in [0.29, 0.717) is 6.54 Å². The Hall–Kier alpha value is -1.27. The highest BCUT2D eigenvalue weighted by molar-refractivity contribution is 5.27. The number of alkyl halides is 3. The zero-order valence-corrected chi connectivity index (χ0v) is 10.00. The fourth-order valence-corrected chi connectivity index (χ4v) is 1.41. The van der Waals surface area contributed by atoms with Gasteiger partial charge < -0.3 is 15.2 Å². The summed E-state index contributed by atoms with van der Waals surface area (Å²) >= 11 is 0. The summed E-state index contributed by atoms with van der Waals surface area (Å²) < 4.78 is 39.5. The first-order chi connectivity index (χ1) is 8.44. The molecule has 0 saturated heterocycles. The van der Waals surface area contributed by atoms with Crippen molar-refractivity contribution in [3.8, 4) is 5.75 Å². The summed E-state index contributed by atoms with van der Waals surface area (Å²) in [5.41, 5.74) is 0.830. The first-order valence-electron chi connectivity index (χ1n) is 5.63. The summed E-state index contributed by atoms with van der Waals surface area (Å²) in [6.45, 7) is 2.46. The molecule has 3 nitrogen and oxygen atoms in total. The number of rotatable bonds is 6. The fourth-order valence-electron chi connectivity index (χ4n) is 1.41. The van der Waals surface area contributed by atoms with E-state index in [-0.39, 0.29) is 18.4 Å². The van der Waals surface area contributed by atoms with Crippen LogP contribution in [-0.2, 0) is 6.54 Å². The van der Waals surface area contributed by atoms with E-state index in [4.69, 9.17) is 5.11 Å². The van der Waals surface area contributed by atoms with Crippen molar-refractivity contribution in [2.24, 2.45) is 0 Å². The number of ether oxygens (including phenoxy) is 1. The topological polar surface area (TPSA) is 41.5 Å². The van der Waals surface area contributed by atoms with Crippen LogP contribution in [0.4, 0.5) is 13.2 Å². The Morgan fingerprint density at radius 3 is 2.33 bits per heavy atom. The summed E-state index contributed by atoms with van der Waals surface area (Å²) in [5.74, 6) is -0.236. The Kier molecular flexibility index (Phi) is 5.43. The molecule has 0 aliphatic rings. The molecule has 1 atom stereocenters. The molecule has 0 spiro atoms. The van der Waals surface area contributed by atoms with Gasteiger partial charge in [0.25, 0.3) is 0 Å². The minimum Gasteiger partial charge on any atom is -0.406 e. The van der Waals surface area contributed by atoms with Crippen LogP contribution in [0.3, 0.4) is 0 Å². The van der Waals surface area contributed by atoms with Gasteiger partial charge in [0.15, 0.2) is 0 Å². The minimum atomic E-state index is -4.66. The van der Waals surface area contributed by atoms with Gasteiger partial charge in [-0.05, 0) is 24.1 Å². The normalized spacial score (nSPS) is 13.4. The summed E-state index contributed by atoms with van der Waals surface area (Å²) in [6, 6.07) is 5.64. The maximum absolute atomic E-state index is 11.9. The van der Waals surface area contributed by atoms with Crippen LogP contribution in [-0.4, -0.2) is 24.1 Å². The molecule has 1 aromatic rings. The van der Waals surface area contributed by atoms with Crippen molar-refractivity contribution in [3.05, 3.63) is 29.8 Å². The van der Waals surface area contributed by atoms with Crippen LogP contribution in [0.25, 0.3) is 0 Å². The molecular weight excluding hydrogens is 247 g/mol. The van der Waals surface area contributed by atoms with Crippen LogP contribution in [0.15, 0.2) is 24.3 Å². The maximum Gasteiger partial charge on any atom is 0.573 e. The molecule has 0 aromatic heterocycles. The Labute approximate surface area is 104 Å². The van der Waals surface area contributed by atoms with Gasteiger partial charge in [-0.2, -0.15) is 0 Å². The molecule has 0 radical (unpaired) electrons. The standard InChI is InChI=1S/C12H16F3NO2/c1-2-10(8-17)16-7-9-3-5-11(6-4-9)18-12(13,14)15/h3-6,10,16-17H,2,7-8H2,1H3/t10-/m1/s1. The number of aliphatic hydroxyl groups excluding tert-OH is 1. The van der Waals surface area contributed by atoms with Gasteiger partial charge in [-0.25, -0.2) is 0 Å². The quantitative estimate of drug-likeness (QED) is 0.828. The Morgan fingerprint density at radius 2 is 1.89 bits per heavy atom. The first kappa shape index (κ1) is 14.8. The largest absolute Gasteiger partial charge is 0.573 e. The average molecular weight is 263 g/mol. The van der Waals surface area contributed by atoms with Gasteiger partial charge in [-0.3, -0.25) is 0 Å². The second-order valence-electron chi connectivity index (χ2n) is 3.86. The second-order valence-corrected chi connectivity index (χ2v) is 3.86. The lowest BCUT2D eigenvalue weighted by atomic mass is 10.2. The molecule has 18 heavy (non-hydrogen) atoms. The Balaban J connectivity index is 2.50. The van der Waals surface area contributed by atoms with Crippen molar-refractivity contribution >= 4 is 0 Å². The summed E-state index contributed by atoms with van der Waals surface area (Å²) in [6.07, 6.45) is -3.88. The van der Waals surface area contributed by atoms with Gasteiger partial charge >= 0.3 is 6.36 Å². The molecule has 0 fully saturated rings. The highest BCUT2D eigenvalue weighted by Crippen LogP contribution is 2.22. The smallest absolute Gasteiger partial charge is 0.406 e. The van der Waals surface area contributed by atoms with Gasteiger partial charge in [0.05, 0.1) is 6.61 Å². The molecule has 1 rings (SSSR count). The number of hydrogen-bond acceptors (Lipinski definition) is 3. The predicted octanol–water partition coefficient (Wildman–Crippen LogP) is 2.45. The number of halogens is 3. The molecule has 0 heterocycles. The van der Waals surface area contributed by atoms with E-state index in [1.54, 1.807) is 12.1 Å². The minimum absolute atomic E-state index is 0.00361. The maximum atomic E-state index is 11.9. The fraction of sp³-hybridized carbons (Fsp3) is 0.500. The molecule has 1 aromatic carbocycles. The highest BCUT2D eigenvalue weighted by atomic mass is 19.4. The molecule has 0 amide bonds. The number of benzene rings is 1. The number of hydrogen-bond donors (Lipinski definition) is 2. The third kappa shape index (κ3) is 5.37. The van der Waals surface area contributed by atoms with Crippen molar-refractivity contribution in [3.63, 3.8) is 0 Å². The highest BCUT2D eigenvalue weighted by Gasteiger charge is 2.30.